The van der Waals surface area contributed by atoms with E-state index in [9.17, 15) is 32.8 Å². The van der Waals surface area contributed by atoms with Crippen molar-refractivity contribution in [3.8, 4) is 33.9 Å². The van der Waals surface area contributed by atoms with E-state index in [1.54, 1.807) is 73.6 Å². The summed E-state index contributed by atoms with van der Waals surface area (Å²) in [5.41, 5.74) is 5.14. The highest BCUT2D eigenvalue weighted by Gasteiger charge is 2.32. The molecule has 0 saturated carbocycles. The average Bonchev–Trinajstić information content (AvgIpc) is 3.47. The first kappa shape index (κ1) is 58.2. The number of aromatic nitrogens is 10. The number of hydrogen-bond acceptors (Lipinski definition) is 14. The van der Waals surface area contributed by atoms with Crippen molar-refractivity contribution in [3.63, 3.8) is 0 Å². The number of carbonyl (C=O) groups excluding carboxylic acids is 2. The third-order valence-electron chi connectivity index (χ3n) is 14.1. The zero-order valence-electron chi connectivity index (χ0n) is 47.2. The zero-order chi connectivity index (χ0) is 58.6. The Balaban J connectivity index is 0.000000184. The van der Waals surface area contributed by atoms with Gasteiger partial charge in [-0.15, -0.1) is 0 Å². The maximum atomic E-state index is 14.9. The molecule has 2 N–H and O–H groups in total. The van der Waals surface area contributed by atoms with Crippen LogP contribution in [0.25, 0.3) is 56.2 Å². The van der Waals surface area contributed by atoms with Crippen LogP contribution in [0.4, 0.5) is 14.6 Å². The molecule has 0 spiro atoms. The molecular formula is C60H66F2N14O5. The van der Waals surface area contributed by atoms with E-state index in [0.29, 0.717) is 76.7 Å². The van der Waals surface area contributed by atoms with Gasteiger partial charge in [0, 0.05) is 74.9 Å². The van der Waals surface area contributed by atoms with Gasteiger partial charge in [0.05, 0.1) is 45.5 Å². The Bertz CT molecular complexity index is 3930. The Morgan fingerprint density at radius 3 is 1.63 bits per heavy atom. The Kier molecular flexibility index (Phi) is 17.7. The summed E-state index contributed by atoms with van der Waals surface area (Å²) < 4.78 is 32.2. The van der Waals surface area contributed by atoms with E-state index in [2.05, 4.69) is 55.3 Å². The van der Waals surface area contributed by atoms with Gasteiger partial charge in [0.2, 0.25) is 11.8 Å². The number of halogens is 2. The van der Waals surface area contributed by atoms with E-state index in [1.165, 1.54) is 33.4 Å². The number of carbonyl (C=O) groups is 2. The van der Waals surface area contributed by atoms with Crippen molar-refractivity contribution >= 4 is 40.0 Å². The van der Waals surface area contributed by atoms with Crippen LogP contribution < -0.4 is 27.2 Å². The fourth-order valence-electron chi connectivity index (χ4n) is 10.1. The first-order valence-electron chi connectivity index (χ1n) is 26.7. The summed E-state index contributed by atoms with van der Waals surface area (Å²) in [5, 5.41) is 3.26. The smallest absolute Gasteiger partial charge is 0.348 e. The molecule has 6 aromatic heterocycles. The van der Waals surface area contributed by atoms with Crippen molar-refractivity contribution in [1.29, 1.82) is 0 Å². The summed E-state index contributed by atoms with van der Waals surface area (Å²) in [6, 6.07) is 16.4. The van der Waals surface area contributed by atoms with Crippen molar-refractivity contribution in [1.82, 2.24) is 64.1 Å². The van der Waals surface area contributed by atoms with Crippen molar-refractivity contribution in [2.45, 2.75) is 93.2 Å². The summed E-state index contributed by atoms with van der Waals surface area (Å²) in [7, 11) is 0. The van der Waals surface area contributed by atoms with Gasteiger partial charge in [0.15, 0.2) is 22.6 Å². The highest BCUT2D eigenvalue weighted by molar-refractivity contribution is 5.89. The van der Waals surface area contributed by atoms with E-state index >= 15 is 0 Å². The highest BCUT2D eigenvalue weighted by atomic mass is 19.1. The number of aromatic amines is 1. The quantitative estimate of drug-likeness (QED) is 0.132. The molecule has 81 heavy (non-hydrogen) atoms. The molecule has 10 rings (SSSR count). The van der Waals surface area contributed by atoms with E-state index in [1.807, 2.05) is 64.3 Å². The predicted octanol–water partition coefficient (Wildman–Crippen LogP) is 7.74. The first-order valence-corrected chi connectivity index (χ1v) is 26.7. The monoisotopic (exact) mass is 1100 g/mol. The van der Waals surface area contributed by atoms with Crippen LogP contribution in [-0.2, 0) is 9.59 Å². The minimum atomic E-state index is -0.650. The Hall–Kier alpha value is -8.98. The van der Waals surface area contributed by atoms with Crippen molar-refractivity contribution in [2.24, 2.45) is 0 Å². The number of benzene rings is 2. The van der Waals surface area contributed by atoms with Crippen molar-refractivity contribution in [2.75, 3.05) is 44.2 Å². The molecule has 0 unspecified atom stereocenters. The van der Waals surface area contributed by atoms with Crippen LogP contribution >= 0.6 is 0 Å². The second kappa shape index (κ2) is 24.6. The van der Waals surface area contributed by atoms with Crippen molar-refractivity contribution in [3.05, 3.63) is 175 Å². The van der Waals surface area contributed by atoms with E-state index in [4.69, 9.17) is 9.97 Å². The third kappa shape index (κ3) is 12.0. The molecular weight excluding hydrogens is 1030 g/mol. The van der Waals surface area contributed by atoms with Gasteiger partial charge in [-0.3, -0.25) is 29.3 Å². The number of aryl methyl sites for hydroxylation is 4. The van der Waals surface area contributed by atoms with E-state index in [-0.39, 0.29) is 57.8 Å². The van der Waals surface area contributed by atoms with Crippen molar-refractivity contribution < 1.29 is 18.4 Å². The van der Waals surface area contributed by atoms with Gasteiger partial charge < -0.3 is 20.0 Å². The number of pyridine rings is 2. The van der Waals surface area contributed by atoms with Gasteiger partial charge in [-0.2, -0.15) is 4.98 Å². The number of nitrogens with zero attached hydrogens (tertiary/aromatic N) is 12. The molecule has 2 atom stereocenters. The van der Waals surface area contributed by atoms with Crippen LogP contribution in [0.3, 0.4) is 0 Å². The summed E-state index contributed by atoms with van der Waals surface area (Å²) in [6.07, 6.45) is 6.07. The minimum Gasteiger partial charge on any atom is -0.348 e. The van der Waals surface area contributed by atoms with Gasteiger partial charge in [0.1, 0.15) is 17.2 Å². The summed E-state index contributed by atoms with van der Waals surface area (Å²) >= 11 is 0. The molecule has 0 radical (unpaired) electrons. The fraction of sp³-hybridized carbons (Fsp3) is 0.333. The van der Waals surface area contributed by atoms with Gasteiger partial charge in [-0.25, -0.2) is 47.4 Å². The minimum absolute atomic E-state index is 0.00477. The second-order valence-corrected chi connectivity index (χ2v) is 20.7. The van der Waals surface area contributed by atoms with Crippen LogP contribution in [0.1, 0.15) is 87.3 Å². The normalized spacial score (nSPS) is 15.3. The molecule has 8 heterocycles. The summed E-state index contributed by atoms with van der Waals surface area (Å²) in [5.74, 6) is -0.586. The number of rotatable bonds is 9. The molecule has 2 aromatic carbocycles. The lowest BCUT2D eigenvalue weighted by molar-refractivity contribution is -0.127. The standard InChI is InChI=1S/C30H32FN7O2.C22H20FN5O2.C8H14N2O/c1-7-23(39)36-14-15-37(19(5)16-36)28-26-29(34-25(20(6)33-26)21-10-8-9-11-22(21)31)38(30(40)35-28)27-18(4)12-13-32-24(27)17(2)3;1-11(2)16-19(12(3)9-10-24-16)28-20-18(21(29)27-22(28)30)25-13(4)17(26-20)14-7-5-6-8-15(14)23;1-3-8(11)10-5-4-9-7(2)6-10/h7-13,17,19H,1,14-16H2,2-6H3;5-11H,1-4H3,(H,27,29,30);3,7,9H,1,4-6H2,2H3/t19-;;7-/m0.0/s1. The lowest BCUT2D eigenvalue weighted by Crippen LogP contribution is -2.54. The van der Waals surface area contributed by atoms with Gasteiger partial charge in [-0.1, -0.05) is 65.1 Å². The van der Waals surface area contributed by atoms with Crippen LogP contribution in [0.2, 0.25) is 0 Å². The predicted molar refractivity (Wildman–Crippen MR) is 310 cm³/mol. The second-order valence-electron chi connectivity index (χ2n) is 20.7. The Morgan fingerprint density at radius 1 is 0.642 bits per heavy atom. The molecule has 2 saturated heterocycles. The lowest BCUT2D eigenvalue weighted by Gasteiger charge is -2.40. The molecule has 0 aliphatic carbocycles. The van der Waals surface area contributed by atoms with Crippen LogP contribution in [0, 0.1) is 39.3 Å². The molecule has 420 valence electrons. The number of hydrogen-bond donors (Lipinski definition) is 2. The van der Waals surface area contributed by atoms with Gasteiger partial charge >= 0.3 is 11.4 Å². The molecule has 21 heteroatoms. The molecule has 8 aromatic rings. The van der Waals surface area contributed by atoms with Crippen LogP contribution in [0.15, 0.2) is 113 Å². The maximum Gasteiger partial charge on any atom is 0.356 e. The number of anilines is 1. The highest BCUT2D eigenvalue weighted by Crippen LogP contribution is 2.33. The zero-order valence-corrected chi connectivity index (χ0v) is 47.2. The number of nitrogens with one attached hydrogen (secondary N) is 2. The number of piperazine rings is 2. The number of H-pyrrole nitrogens is 1. The number of fused-ring (bicyclic) bond motifs is 2. The Morgan fingerprint density at radius 2 is 1.14 bits per heavy atom. The molecule has 2 aliphatic rings. The molecule has 0 bridgehead atoms. The summed E-state index contributed by atoms with van der Waals surface area (Å²) in [6.45, 7) is 30.0. The van der Waals surface area contributed by atoms with E-state index < -0.39 is 28.6 Å². The molecule has 19 nitrogen and oxygen atoms in total. The average molecular weight is 1100 g/mol. The fourth-order valence-corrected chi connectivity index (χ4v) is 10.1. The first-order chi connectivity index (χ1) is 38.6. The van der Waals surface area contributed by atoms with Gasteiger partial charge in [-0.05, 0) is 113 Å². The third-order valence-corrected chi connectivity index (χ3v) is 14.1. The maximum absolute atomic E-state index is 14.9. The van der Waals surface area contributed by atoms with Crippen LogP contribution in [-0.4, -0.2) is 122 Å². The summed E-state index contributed by atoms with van der Waals surface area (Å²) in [4.78, 5) is 103. The molecule has 2 aliphatic heterocycles. The van der Waals surface area contributed by atoms with E-state index in [0.717, 1.165) is 36.5 Å². The van der Waals surface area contributed by atoms with Gasteiger partial charge in [0.25, 0.3) is 5.56 Å². The Labute approximate surface area is 467 Å². The largest absolute Gasteiger partial charge is 0.356 e. The number of amides is 2. The lowest BCUT2D eigenvalue weighted by atomic mass is 10.0. The SMILES string of the molecule is C=CC(=O)N1CCN(c2nc(=O)n(-c3c(C)ccnc3C(C)C)c3nc(-c4ccccc4F)c(C)nc23)[C@@H](C)C1.C=CC(=O)N1CCN[C@@H](C)C1.Cc1ccnc(C(C)C)c1-n1c(=O)[nH]c(=O)c2nc(C)c(-c3ccccc3F)nc21. The molecule has 2 fully saturated rings. The van der Waals surface area contributed by atoms with Crippen LogP contribution in [0.5, 0.6) is 0 Å². The topological polar surface area (TPSA) is 223 Å². The molecule has 2 amide bonds.